The molecule has 2 aromatic heterocycles. The summed E-state index contributed by atoms with van der Waals surface area (Å²) >= 11 is 0. The summed E-state index contributed by atoms with van der Waals surface area (Å²) in [5, 5.41) is 15.7. The lowest BCUT2D eigenvalue weighted by Crippen LogP contribution is -2.27. The Morgan fingerprint density at radius 2 is 1.45 bits per heavy atom. The molecular formula is C25H20N6O2. The number of nitrogens with zero attached hydrogens (tertiary/aromatic N) is 5. The van der Waals surface area contributed by atoms with E-state index in [4.69, 9.17) is 4.42 Å². The van der Waals surface area contributed by atoms with Crippen molar-refractivity contribution in [3.05, 3.63) is 107 Å². The number of aryl methyl sites for hydroxylation is 1. The molecule has 33 heavy (non-hydrogen) atoms. The minimum absolute atomic E-state index is 0.00329. The first-order valence-corrected chi connectivity index (χ1v) is 10.4. The van der Waals surface area contributed by atoms with Gasteiger partial charge in [-0.2, -0.15) is 10.1 Å². The van der Waals surface area contributed by atoms with Crippen LogP contribution in [0.25, 0.3) is 22.5 Å². The van der Waals surface area contributed by atoms with Crippen molar-refractivity contribution in [2.75, 3.05) is 5.32 Å². The van der Waals surface area contributed by atoms with Gasteiger partial charge in [0.05, 0.1) is 0 Å². The van der Waals surface area contributed by atoms with E-state index in [1.807, 2.05) is 91.9 Å². The van der Waals surface area contributed by atoms with Crippen LogP contribution in [0, 0.1) is 6.92 Å². The second-order valence-electron chi connectivity index (χ2n) is 7.47. The summed E-state index contributed by atoms with van der Waals surface area (Å²) in [5.74, 6) is 0.243. The summed E-state index contributed by atoms with van der Waals surface area (Å²) < 4.78 is 6.91. The van der Waals surface area contributed by atoms with Gasteiger partial charge in [0.2, 0.25) is 5.89 Å². The van der Waals surface area contributed by atoms with Crippen molar-refractivity contribution in [2.45, 2.75) is 13.5 Å². The van der Waals surface area contributed by atoms with Gasteiger partial charge in [-0.25, -0.2) is 9.48 Å². The van der Waals surface area contributed by atoms with Gasteiger partial charge in [0.1, 0.15) is 17.9 Å². The standard InChI is InChI=1S/C25H20N6O2/c1-17-12-14-20(15-13-17)26-24-29-28-21(33-24)16-31-25(32)27-22(18-8-4-2-5-9-18)23(30-31)19-10-6-3-7-11-19/h2-15H,16H2,1H3,(H,26,29). The number of hydrogen-bond donors (Lipinski definition) is 1. The largest absolute Gasteiger partial charge is 0.406 e. The quantitative estimate of drug-likeness (QED) is 0.420. The lowest BCUT2D eigenvalue weighted by Gasteiger charge is -2.10. The predicted molar refractivity (Wildman–Crippen MR) is 125 cm³/mol. The molecule has 8 heteroatoms. The monoisotopic (exact) mass is 436 g/mol. The molecule has 5 rings (SSSR count). The Hall–Kier alpha value is -4.59. The Morgan fingerprint density at radius 1 is 0.818 bits per heavy atom. The van der Waals surface area contributed by atoms with Gasteiger partial charge in [0, 0.05) is 16.8 Å². The van der Waals surface area contributed by atoms with Crippen LogP contribution >= 0.6 is 0 Å². The molecule has 8 nitrogen and oxygen atoms in total. The van der Waals surface area contributed by atoms with Crippen LogP contribution in [0.5, 0.6) is 0 Å². The molecule has 1 N–H and O–H groups in total. The van der Waals surface area contributed by atoms with Crippen molar-refractivity contribution in [2.24, 2.45) is 0 Å². The van der Waals surface area contributed by atoms with E-state index in [1.54, 1.807) is 0 Å². The molecule has 0 amide bonds. The average Bonchev–Trinajstić information content (AvgIpc) is 3.29. The summed E-state index contributed by atoms with van der Waals surface area (Å²) in [5.41, 5.74) is 4.26. The number of rotatable bonds is 6. The van der Waals surface area contributed by atoms with Crippen molar-refractivity contribution in [3.8, 4) is 22.5 Å². The fourth-order valence-electron chi connectivity index (χ4n) is 3.36. The summed E-state index contributed by atoms with van der Waals surface area (Å²) in [7, 11) is 0. The summed E-state index contributed by atoms with van der Waals surface area (Å²) in [6.07, 6.45) is 0. The second-order valence-corrected chi connectivity index (χ2v) is 7.47. The Balaban J connectivity index is 1.47. The number of benzene rings is 3. The van der Waals surface area contributed by atoms with E-state index < -0.39 is 5.69 Å². The molecule has 2 heterocycles. The van der Waals surface area contributed by atoms with Crippen LogP contribution < -0.4 is 11.0 Å². The minimum Gasteiger partial charge on any atom is -0.406 e. The number of hydrogen-bond acceptors (Lipinski definition) is 7. The van der Waals surface area contributed by atoms with E-state index in [0.717, 1.165) is 22.4 Å². The number of anilines is 2. The van der Waals surface area contributed by atoms with E-state index in [-0.39, 0.29) is 18.5 Å². The molecule has 0 unspecified atom stereocenters. The van der Waals surface area contributed by atoms with E-state index in [0.29, 0.717) is 11.4 Å². The van der Waals surface area contributed by atoms with E-state index >= 15 is 0 Å². The van der Waals surface area contributed by atoms with E-state index in [2.05, 4.69) is 25.6 Å². The van der Waals surface area contributed by atoms with Crippen molar-refractivity contribution in [1.29, 1.82) is 0 Å². The normalized spacial score (nSPS) is 10.8. The van der Waals surface area contributed by atoms with Gasteiger partial charge in [0.25, 0.3) is 0 Å². The Labute approximate surface area is 189 Å². The van der Waals surface area contributed by atoms with Gasteiger partial charge in [0.15, 0.2) is 0 Å². The van der Waals surface area contributed by atoms with Crippen LogP contribution in [0.15, 0.2) is 94.1 Å². The Morgan fingerprint density at radius 3 is 2.12 bits per heavy atom. The van der Waals surface area contributed by atoms with E-state index in [9.17, 15) is 4.79 Å². The van der Waals surface area contributed by atoms with Crippen molar-refractivity contribution < 1.29 is 4.42 Å². The molecule has 0 aliphatic rings. The minimum atomic E-state index is -0.500. The molecule has 0 aliphatic heterocycles. The SMILES string of the molecule is Cc1ccc(Nc2nnc(Cn3nc(-c4ccccc4)c(-c4ccccc4)nc3=O)o2)cc1. The van der Waals surface area contributed by atoms with Crippen LogP contribution in [0.2, 0.25) is 0 Å². The van der Waals surface area contributed by atoms with Gasteiger partial charge < -0.3 is 9.73 Å². The fraction of sp³-hybridized carbons (Fsp3) is 0.0800. The van der Waals surface area contributed by atoms with Crippen molar-refractivity contribution in [3.63, 3.8) is 0 Å². The first-order chi connectivity index (χ1) is 16.2. The lowest BCUT2D eigenvalue weighted by molar-refractivity contribution is 0.463. The molecule has 0 fully saturated rings. The first-order valence-electron chi connectivity index (χ1n) is 10.4. The van der Waals surface area contributed by atoms with Crippen molar-refractivity contribution in [1.82, 2.24) is 25.0 Å². The highest BCUT2D eigenvalue weighted by Gasteiger charge is 2.16. The zero-order valence-corrected chi connectivity index (χ0v) is 17.8. The first kappa shape index (κ1) is 20.3. The zero-order valence-electron chi connectivity index (χ0n) is 17.8. The Bertz CT molecular complexity index is 1430. The number of nitrogens with one attached hydrogen (secondary N) is 1. The second kappa shape index (κ2) is 8.88. The van der Waals surface area contributed by atoms with Crippen LogP contribution in [0.4, 0.5) is 11.7 Å². The highest BCUT2D eigenvalue weighted by atomic mass is 16.4. The molecular weight excluding hydrogens is 416 g/mol. The maximum atomic E-state index is 12.8. The third-order valence-corrected chi connectivity index (χ3v) is 5.02. The van der Waals surface area contributed by atoms with Crippen LogP contribution in [-0.4, -0.2) is 25.0 Å². The summed E-state index contributed by atoms with van der Waals surface area (Å²) in [6, 6.07) is 27.2. The molecule has 0 radical (unpaired) electrons. The third kappa shape index (κ3) is 4.54. The van der Waals surface area contributed by atoms with Crippen LogP contribution in [0.1, 0.15) is 11.5 Å². The molecule has 162 valence electrons. The topological polar surface area (TPSA) is 98.7 Å². The van der Waals surface area contributed by atoms with Crippen LogP contribution in [0.3, 0.4) is 0 Å². The summed E-state index contributed by atoms with van der Waals surface area (Å²) in [4.78, 5) is 17.2. The molecule has 0 saturated heterocycles. The molecule has 0 atom stereocenters. The molecule has 5 aromatic rings. The number of aromatic nitrogens is 5. The highest BCUT2D eigenvalue weighted by molar-refractivity contribution is 5.77. The molecule has 0 aliphatic carbocycles. The van der Waals surface area contributed by atoms with Crippen molar-refractivity contribution >= 4 is 11.7 Å². The summed E-state index contributed by atoms with van der Waals surface area (Å²) in [6.45, 7) is 2.02. The molecule has 0 spiro atoms. The molecule has 3 aromatic carbocycles. The maximum Gasteiger partial charge on any atom is 0.365 e. The maximum absolute atomic E-state index is 12.8. The van der Waals surface area contributed by atoms with E-state index in [1.165, 1.54) is 4.68 Å². The van der Waals surface area contributed by atoms with Gasteiger partial charge in [-0.3, -0.25) is 0 Å². The Kier molecular flexibility index (Phi) is 5.47. The van der Waals surface area contributed by atoms with Gasteiger partial charge in [-0.1, -0.05) is 83.5 Å². The smallest absolute Gasteiger partial charge is 0.365 e. The van der Waals surface area contributed by atoms with Crippen LogP contribution in [-0.2, 0) is 6.54 Å². The fourth-order valence-corrected chi connectivity index (χ4v) is 3.36. The third-order valence-electron chi connectivity index (χ3n) is 5.02. The van der Waals surface area contributed by atoms with Gasteiger partial charge in [-0.15, -0.1) is 5.10 Å². The zero-order chi connectivity index (χ0) is 22.6. The predicted octanol–water partition coefficient (Wildman–Crippen LogP) is 4.46. The van der Waals surface area contributed by atoms with Gasteiger partial charge in [-0.05, 0) is 19.1 Å². The molecule has 0 saturated carbocycles. The lowest BCUT2D eigenvalue weighted by atomic mass is 10.0. The molecule has 0 bridgehead atoms. The van der Waals surface area contributed by atoms with Gasteiger partial charge >= 0.3 is 11.7 Å². The highest BCUT2D eigenvalue weighted by Crippen LogP contribution is 2.27. The average molecular weight is 436 g/mol.